The van der Waals surface area contributed by atoms with Crippen LogP contribution >= 0.6 is 0 Å². The van der Waals surface area contributed by atoms with Gasteiger partial charge in [0.25, 0.3) is 0 Å². The summed E-state index contributed by atoms with van der Waals surface area (Å²) in [5.41, 5.74) is 8.69. The van der Waals surface area contributed by atoms with Crippen LogP contribution in [0.2, 0.25) is 0 Å². The molecule has 0 saturated heterocycles. The van der Waals surface area contributed by atoms with Gasteiger partial charge in [-0.25, -0.2) is 0 Å². The topological polar surface area (TPSA) is 43.8 Å². The Morgan fingerprint density at radius 3 is 2.58 bits per heavy atom. The zero-order valence-electron chi connectivity index (χ0n) is 11.8. The summed E-state index contributed by atoms with van der Waals surface area (Å²) in [6.07, 6.45) is 6.85. The Morgan fingerprint density at radius 1 is 1.21 bits per heavy atom. The molecule has 3 nitrogen and oxygen atoms in total. The number of benzene rings is 1. The molecule has 0 spiro atoms. The molecule has 0 bridgehead atoms. The molecule has 19 heavy (non-hydrogen) atoms. The molecule has 0 radical (unpaired) electrons. The molecule has 1 atom stereocenters. The third kappa shape index (κ3) is 3.24. The van der Waals surface area contributed by atoms with Crippen LogP contribution in [0.1, 0.15) is 37.8 Å². The fraction of sp³-hybridized carbons (Fsp3) is 0.438. The van der Waals surface area contributed by atoms with Crippen molar-refractivity contribution in [1.82, 2.24) is 9.78 Å². The fourth-order valence-corrected chi connectivity index (χ4v) is 2.36. The lowest BCUT2D eigenvalue weighted by molar-refractivity contribution is 0.424. The highest BCUT2D eigenvalue weighted by molar-refractivity contribution is 5.24. The molecule has 0 aliphatic heterocycles. The van der Waals surface area contributed by atoms with Crippen molar-refractivity contribution in [2.45, 2.75) is 45.2 Å². The lowest BCUT2D eigenvalue weighted by atomic mass is 9.84. The van der Waals surface area contributed by atoms with E-state index in [1.54, 1.807) is 0 Å². The molecule has 2 N–H and O–H groups in total. The van der Waals surface area contributed by atoms with E-state index in [-0.39, 0.29) is 5.54 Å². The highest BCUT2D eigenvalue weighted by Gasteiger charge is 2.27. The van der Waals surface area contributed by atoms with Gasteiger partial charge in [-0.1, -0.05) is 44.2 Å². The summed E-state index contributed by atoms with van der Waals surface area (Å²) in [6, 6.07) is 10.4. The molecule has 2 rings (SSSR count). The van der Waals surface area contributed by atoms with Gasteiger partial charge < -0.3 is 5.73 Å². The van der Waals surface area contributed by atoms with Crippen LogP contribution in [0.4, 0.5) is 0 Å². The van der Waals surface area contributed by atoms with Crippen LogP contribution in [-0.2, 0) is 18.5 Å². The third-order valence-corrected chi connectivity index (χ3v) is 3.65. The number of aromatic nitrogens is 2. The Balaban J connectivity index is 2.20. The molecule has 0 amide bonds. The maximum Gasteiger partial charge on any atom is 0.0540 e. The Bertz CT molecular complexity index is 504. The zero-order valence-corrected chi connectivity index (χ0v) is 11.8. The number of nitrogens with two attached hydrogens (primary N) is 1. The van der Waals surface area contributed by atoms with Crippen molar-refractivity contribution in [2.24, 2.45) is 5.73 Å². The first-order chi connectivity index (χ1) is 9.18. The van der Waals surface area contributed by atoms with Crippen molar-refractivity contribution in [3.8, 4) is 0 Å². The number of hydrogen-bond donors (Lipinski definition) is 1. The molecule has 0 aliphatic carbocycles. The number of aryl methyl sites for hydroxylation is 1. The van der Waals surface area contributed by atoms with Crippen LogP contribution < -0.4 is 5.73 Å². The Labute approximate surface area is 115 Å². The van der Waals surface area contributed by atoms with Gasteiger partial charge in [-0.2, -0.15) is 5.10 Å². The maximum atomic E-state index is 6.61. The molecule has 0 fully saturated rings. The van der Waals surface area contributed by atoms with Gasteiger partial charge in [0.2, 0.25) is 0 Å². The van der Waals surface area contributed by atoms with Crippen LogP contribution in [0, 0.1) is 0 Å². The van der Waals surface area contributed by atoms with E-state index in [2.05, 4.69) is 49.4 Å². The van der Waals surface area contributed by atoms with Crippen molar-refractivity contribution in [1.29, 1.82) is 0 Å². The summed E-state index contributed by atoms with van der Waals surface area (Å²) >= 11 is 0. The van der Waals surface area contributed by atoms with Crippen LogP contribution in [0.15, 0.2) is 42.7 Å². The molecule has 102 valence electrons. The van der Waals surface area contributed by atoms with Crippen molar-refractivity contribution >= 4 is 0 Å². The SMILES string of the molecule is CCCn1cc(C(N)(CC)Cc2ccccc2)cn1. The highest BCUT2D eigenvalue weighted by Crippen LogP contribution is 2.26. The Morgan fingerprint density at radius 2 is 1.95 bits per heavy atom. The second-order valence-corrected chi connectivity index (χ2v) is 5.16. The monoisotopic (exact) mass is 257 g/mol. The Kier molecular flexibility index (Phi) is 4.38. The van der Waals surface area contributed by atoms with Gasteiger partial charge in [0, 0.05) is 23.8 Å². The van der Waals surface area contributed by atoms with Gasteiger partial charge in [-0.15, -0.1) is 0 Å². The quantitative estimate of drug-likeness (QED) is 0.864. The first-order valence-electron chi connectivity index (χ1n) is 7.03. The Hall–Kier alpha value is -1.61. The van der Waals surface area contributed by atoms with Gasteiger partial charge in [0.05, 0.1) is 6.20 Å². The van der Waals surface area contributed by atoms with Crippen molar-refractivity contribution in [2.75, 3.05) is 0 Å². The average Bonchev–Trinajstić information content (AvgIpc) is 2.89. The smallest absolute Gasteiger partial charge is 0.0540 e. The minimum atomic E-state index is -0.326. The first kappa shape index (κ1) is 13.8. The van der Waals surface area contributed by atoms with Gasteiger partial charge >= 0.3 is 0 Å². The maximum absolute atomic E-state index is 6.61. The molecule has 3 heteroatoms. The van der Waals surface area contributed by atoms with Crippen LogP contribution in [0.25, 0.3) is 0 Å². The lowest BCUT2D eigenvalue weighted by Crippen LogP contribution is -2.38. The molecule has 0 aliphatic rings. The summed E-state index contributed by atoms with van der Waals surface area (Å²) in [4.78, 5) is 0. The predicted octanol–water partition coefficient (Wildman–Crippen LogP) is 3.10. The van der Waals surface area contributed by atoms with E-state index in [1.165, 1.54) is 5.56 Å². The van der Waals surface area contributed by atoms with Crippen molar-refractivity contribution in [3.05, 3.63) is 53.9 Å². The van der Waals surface area contributed by atoms with E-state index < -0.39 is 0 Å². The van der Waals surface area contributed by atoms with E-state index >= 15 is 0 Å². The van der Waals surface area contributed by atoms with Gasteiger partial charge in [0.15, 0.2) is 0 Å². The third-order valence-electron chi connectivity index (χ3n) is 3.65. The van der Waals surface area contributed by atoms with Gasteiger partial charge in [0.1, 0.15) is 0 Å². The summed E-state index contributed by atoms with van der Waals surface area (Å²) < 4.78 is 1.98. The predicted molar refractivity (Wildman–Crippen MR) is 78.8 cm³/mol. The molecule has 0 saturated carbocycles. The van der Waals surface area contributed by atoms with Crippen molar-refractivity contribution < 1.29 is 0 Å². The zero-order chi connectivity index (χ0) is 13.7. The average molecular weight is 257 g/mol. The van der Waals surface area contributed by atoms with E-state index in [0.717, 1.165) is 31.4 Å². The first-order valence-corrected chi connectivity index (χ1v) is 7.03. The van der Waals surface area contributed by atoms with Gasteiger partial charge in [-0.3, -0.25) is 4.68 Å². The largest absolute Gasteiger partial charge is 0.321 e. The molecule has 1 aromatic carbocycles. The minimum absolute atomic E-state index is 0.326. The molecular formula is C16H23N3. The summed E-state index contributed by atoms with van der Waals surface area (Å²) in [6.45, 7) is 5.24. The lowest BCUT2D eigenvalue weighted by Gasteiger charge is -2.27. The summed E-state index contributed by atoms with van der Waals surface area (Å²) in [5.74, 6) is 0. The van der Waals surface area contributed by atoms with Crippen LogP contribution in [0.3, 0.4) is 0 Å². The standard InChI is InChI=1S/C16H23N3/c1-3-10-19-13-15(12-18-19)16(17,4-2)11-14-8-6-5-7-9-14/h5-9,12-13H,3-4,10-11,17H2,1-2H3. The second-order valence-electron chi connectivity index (χ2n) is 5.16. The number of hydrogen-bond acceptors (Lipinski definition) is 2. The van der Waals surface area contributed by atoms with E-state index in [4.69, 9.17) is 5.73 Å². The fourth-order valence-electron chi connectivity index (χ4n) is 2.36. The second kappa shape index (κ2) is 6.02. The molecule has 2 aromatic rings. The summed E-state index contributed by atoms with van der Waals surface area (Å²) in [7, 11) is 0. The highest BCUT2D eigenvalue weighted by atomic mass is 15.3. The van der Waals surface area contributed by atoms with E-state index in [9.17, 15) is 0 Å². The van der Waals surface area contributed by atoms with Gasteiger partial charge in [-0.05, 0) is 24.8 Å². The van der Waals surface area contributed by atoms with Crippen LogP contribution in [-0.4, -0.2) is 9.78 Å². The van der Waals surface area contributed by atoms with Crippen molar-refractivity contribution in [3.63, 3.8) is 0 Å². The van der Waals surface area contributed by atoms with E-state index in [1.807, 2.05) is 16.9 Å². The normalized spacial score (nSPS) is 14.3. The van der Waals surface area contributed by atoms with Crippen LogP contribution in [0.5, 0.6) is 0 Å². The number of nitrogens with zero attached hydrogens (tertiary/aromatic N) is 2. The molecular weight excluding hydrogens is 234 g/mol. The van der Waals surface area contributed by atoms with E-state index in [0.29, 0.717) is 0 Å². The number of rotatable bonds is 6. The molecule has 1 heterocycles. The molecule has 1 aromatic heterocycles. The summed E-state index contributed by atoms with van der Waals surface area (Å²) in [5, 5.41) is 4.40. The minimum Gasteiger partial charge on any atom is -0.321 e. The molecule has 1 unspecified atom stereocenters.